The van der Waals surface area contributed by atoms with Gasteiger partial charge in [-0.05, 0) is 106 Å². The van der Waals surface area contributed by atoms with Crippen LogP contribution in [0.25, 0.3) is 32.6 Å². The van der Waals surface area contributed by atoms with Crippen LogP contribution in [0.3, 0.4) is 0 Å². The summed E-state index contributed by atoms with van der Waals surface area (Å²) in [4.78, 5) is 70.1. The number of hydrogen-bond donors (Lipinski definition) is 3. The highest BCUT2D eigenvalue weighted by molar-refractivity contribution is 7.13. The summed E-state index contributed by atoms with van der Waals surface area (Å²) in [5.74, 6) is -0.231. The molecule has 0 radical (unpaired) electrons. The summed E-state index contributed by atoms with van der Waals surface area (Å²) < 4.78 is 11.9. The van der Waals surface area contributed by atoms with Crippen LogP contribution >= 0.6 is 11.3 Å². The van der Waals surface area contributed by atoms with Gasteiger partial charge in [-0.2, -0.15) is 0 Å². The number of aromatic nitrogens is 3. The summed E-state index contributed by atoms with van der Waals surface area (Å²) >= 11 is 1.58. The molecule has 5 aromatic rings. The Labute approximate surface area is 398 Å². The third-order valence-electron chi connectivity index (χ3n) is 12.6. The molecule has 1 aliphatic heterocycles. The molecule has 3 heterocycles. The lowest BCUT2D eigenvalue weighted by Crippen LogP contribution is -2.57. The molecule has 0 bridgehead atoms. The Kier molecular flexibility index (Phi) is 15.8. The van der Waals surface area contributed by atoms with E-state index >= 15 is 0 Å². The van der Waals surface area contributed by atoms with Crippen LogP contribution in [-0.2, 0) is 25.7 Å². The number of aliphatic hydroxyl groups is 1. The number of amides is 3. The van der Waals surface area contributed by atoms with Crippen molar-refractivity contribution in [3.05, 3.63) is 94.9 Å². The first kappa shape index (κ1) is 49.2. The molecular weight excluding hydrogens is 865 g/mol. The number of ether oxygens (including phenoxy) is 2. The molecule has 13 nitrogen and oxygen atoms in total. The molecule has 356 valence electrons. The number of aryl methyl sites for hydroxylation is 1. The number of nitrogens with zero attached hydrogens (tertiary/aromatic N) is 4. The van der Waals surface area contributed by atoms with Crippen LogP contribution in [-0.4, -0.2) is 85.6 Å². The highest BCUT2D eigenvalue weighted by Gasteiger charge is 2.44. The topological polar surface area (TPSA) is 173 Å². The van der Waals surface area contributed by atoms with Gasteiger partial charge < -0.3 is 30.1 Å². The van der Waals surface area contributed by atoms with Crippen molar-refractivity contribution >= 4 is 45.9 Å². The van der Waals surface area contributed by atoms with Gasteiger partial charge >= 0.3 is 5.97 Å². The van der Waals surface area contributed by atoms with Crippen LogP contribution in [0.5, 0.6) is 5.75 Å². The monoisotopic (exact) mass is 930 g/mol. The van der Waals surface area contributed by atoms with Crippen LogP contribution in [0.15, 0.2) is 72.5 Å². The fraction of sp³-hybridized carbons (Fsp3) is 0.491. The van der Waals surface area contributed by atoms with Crippen molar-refractivity contribution in [3.8, 4) is 27.4 Å². The fourth-order valence-electron chi connectivity index (χ4n) is 9.10. The van der Waals surface area contributed by atoms with Crippen LogP contribution < -0.4 is 15.4 Å². The van der Waals surface area contributed by atoms with Gasteiger partial charge in [0, 0.05) is 42.9 Å². The summed E-state index contributed by atoms with van der Waals surface area (Å²) in [6.45, 7) is 14.1. The third kappa shape index (κ3) is 12.6. The van der Waals surface area contributed by atoms with E-state index in [9.17, 15) is 24.3 Å². The number of nitrogens with one attached hydrogen (secondary N) is 2. The van der Waals surface area contributed by atoms with Gasteiger partial charge in [0.05, 0.1) is 45.6 Å². The second-order valence-electron chi connectivity index (χ2n) is 20.1. The number of esters is 1. The van der Waals surface area contributed by atoms with Gasteiger partial charge in [0.1, 0.15) is 29.8 Å². The van der Waals surface area contributed by atoms with Gasteiger partial charge in [-0.3, -0.25) is 14.4 Å². The lowest BCUT2D eigenvalue weighted by atomic mass is 9.85. The minimum Gasteiger partial charge on any atom is -0.494 e. The molecule has 3 atom stereocenters. The van der Waals surface area contributed by atoms with Crippen molar-refractivity contribution in [1.82, 2.24) is 30.5 Å². The van der Waals surface area contributed by atoms with E-state index < -0.39 is 29.2 Å². The normalized spacial score (nSPS) is 17.1. The predicted octanol–water partition coefficient (Wildman–Crippen LogP) is 9.48. The Morgan fingerprint density at radius 1 is 0.881 bits per heavy atom. The number of carbonyl (C=O) groups excluding carboxylic acids is 4. The van der Waals surface area contributed by atoms with Crippen LogP contribution in [0.1, 0.15) is 139 Å². The van der Waals surface area contributed by atoms with E-state index in [-0.39, 0.29) is 49.6 Å². The number of β-amino-alcohol motifs (C(OH)–C–C–N with tert-alkyl or cyclic N) is 1. The second-order valence-corrected chi connectivity index (χ2v) is 21.0. The smallest absolute Gasteiger partial charge is 0.338 e. The molecule has 0 unspecified atom stereocenters. The number of fused-ring (bicyclic) bond motifs is 1. The van der Waals surface area contributed by atoms with Crippen LogP contribution in [0.2, 0.25) is 0 Å². The average molecular weight is 931 g/mol. The van der Waals surface area contributed by atoms with Crippen molar-refractivity contribution < 1.29 is 33.8 Å². The average Bonchev–Trinajstić information content (AvgIpc) is 4.08. The Hall–Kier alpha value is -5.73. The number of benzene rings is 3. The maximum atomic E-state index is 14.1. The summed E-state index contributed by atoms with van der Waals surface area (Å²) in [6, 6.07) is 18.0. The fourth-order valence-corrected chi connectivity index (χ4v) is 9.92. The minimum atomic E-state index is -0.876. The van der Waals surface area contributed by atoms with Gasteiger partial charge in [-0.1, -0.05) is 76.8 Å². The van der Waals surface area contributed by atoms with Crippen molar-refractivity contribution in [2.75, 3.05) is 13.2 Å². The number of unbranched alkanes of at least 4 members (excludes halogenated alkanes) is 3. The van der Waals surface area contributed by atoms with Gasteiger partial charge in [-0.25, -0.2) is 19.7 Å². The molecule has 67 heavy (non-hydrogen) atoms. The van der Waals surface area contributed by atoms with E-state index in [0.717, 1.165) is 94.4 Å². The Balaban J connectivity index is 0.869. The summed E-state index contributed by atoms with van der Waals surface area (Å²) in [7, 11) is 0. The second kappa shape index (κ2) is 21.5. The maximum Gasteiger partial charge on any atom is 0.338 e. The molecule has 3 amide bonds. The largest absolute Gasteiger partial charge is 0.494 e. The Morgan fingerprint density at radius 2 is 1.61 bits per heavy atom. The van der Waals surface area contributed by atoms with Gasteiger partial charge in [0.15, 0.2) is 0 Å². The van der Waals surface area contributed by atoms with Gasteiger partial charge in [-0.15, -0.1) is 11.3 Å². The first-order valence-corrected chi connectivity index (χ1v) is 24.6. The van der Waals surface area contributed by atoms with Crippen LogP contribution in [0.4, 0.5) is 0 Å². The van der Waals surface area contributed by atoms with Crippen molar-refractivity contribution in [1.29, 1.82) is 0 Å². The van der Waals surface area contributed by atoms with Crippen molar-refractivity contribution in [3.63, 3.8) is 0 Å². The van der Waals surface area contributed by atoms with Crippen molar-refractivity contribution in [2.45, 2.75) is 149 Å². The number of carbonyl (C=O) groups is 4. The molecule has 1 saturated carbocycles. The number of likely N-dealkylation sites (tertiary alicyclic amines) is 1. The molecule has 1 saturated heterocycles. The molecule has 0 spiro atoms. The molecule has 2 fully saturated rings. The molecular formula is C53H66N6O7S. The number of aliphatic hydroxyl groups excluding tert-OH is 1. The van der Waals surface area contributed by atoms with Crippen molar-refractivity contribution in [2.24, 2.45) is 5.41 Å². The zero-order valence-electron chi connectivity index (χ0n) is 40.0. The lowest BCUT2D eigenvalue weighted by Gasteiger charge is -2.35. The van der Waals surface area contributed by atoms with E-state index in [0.29, 0.717) is 30.3 Å². The van der Waals surface area contributed by atoms with E-state index in [1.54, 1.807) is 17.7 Å². The van der Waals surface area contributed by atoms with Gasteiger partial charge in [0.25, 0.3) is 0 Å². The molecule has 1 aliphatic carbocycles. The van der Waals surface area contributed by atoms with E-state index in [1.165, 1.54) is 4.90 Å². The molecule has 3 aromatic carbocycles. The lowest BCUT2D eigenvalue weighted by molar-refractivity contribution is -0.144. The number of thiazole rings is 1. The molecule has 3 N–H and O–H groups in total. The van der Waals surface area contributed by atoms with E-state index in [1.807, 2.05) is 109 Å². The Bertz CT molecular complexity index is 2540. The molecule has 2 aliphatic rings. The predicted molar refractivity (Wildman–Crippen MR) is 262 cm³/mol. The standard InChI is InChI=1S/C53H66N6O7S/c1-33-47(67-32-57-33)36-19-17-34(18-20-36)29-54-49(62)44-27-38(60)30-59(44)50(63)48(52(2,3)4)58-45(61)16-10-8-9-13-25-65-39-22-24-41-43(28-39)55-31-56-46(41)37-21-23-40(51(64)66-53(5,6)7)42(26-37)35-14-11-12-15-35/h17-24,26,28,31-32,35,38,44,48,60H,8-16,25,27,29-30H2,1-7H3,(H,54,62)(H,58,61)/t38-,44+,48-/m1/s1. The third-order valence-corrected chi connectivity index (χ3v) is 13.6. The zero-order valence-corrected chi connectivity index (χ0v) is 40.8. The molecule has 2 aromatic heterocycles. The SMILES string of the molecule is Cc1ncsc1-c1ccc(CNC(=O)[C@@H]2C[C@@H](O)CN2C(=O)[C@@H](NC(=O)CCCCCCOc2ccc3c(-c4ccc(C(=O)OC(C)(C)C)c(C5CCCC5)c4)ncnc3c2)C(C)(C)C)cc1. The number of hydrogen-bond acceptors (Lipinski definition) is 11. The van der Waals surface area contributed by atoms with Crippen LogP contribution in [0, 0.1) is 12.3 Å². The summed E-state index contributed by atoms with van der Waals surface area (Å²) in [5.41, 5.74) is 7.68. The summed E-state index contributed by atoms with van der Waals surface area (Å²) in [5, 5.41) is 17.4. The maximum absolute atomic E-state index is 14.1. The molecule has 14 heteroatoms. The number of rotatable bonds is 17. The van der Waals surface area contributed by atoms with E-state index in [2.05, 4.69) is 31.7 Å². The minimum absolute atomic E-state index is 0.0204. The zero-order chi connectivity index (χ0) is 47.9. The molecule has 7 rings (SSSR count). The quantitative estimate of drug-likeness (QED) is 0.0602. The highest BCUT2D eigenvalue weighted by atomic mass is 32.1. The highest BCUT2D eigenvalue weighted by Crippen LogP contribution is 2.39. The van der Waals surface area contributed by atoms with Gasteiger partial charge in [0.2, 0.25) is 17.7 Å². The summed E-state index contributed by atoms with van der Waals surface area (Å²) in [6.07, 6.45) is 8.59. The first-order valence-electron chi connectivity index (χ1n) is 23.8. The van der Waals surface area contributed by atoms with E-state index in [4.69, 9.17) is 9.47 Å². The first-order chi connectivity index (χ1) is 31.9. The Morgan fingerprint density at radius 3 is 2.31 bits per heavy atom.